The number of rotatable bonds is 4. The zero-order valence-corrected chi connectivity index (χ0v) is 10.2. The number of aliphatic carboxylic acids is 2. The Bertz CT molecular complexity index is 332. The Kier molecular flexibility index (Phi) is 4.50. The summed E-state index contributed by atoms with van der Waals surface area (Å²) in [7, 11) is 0. The van der Waals surface area contributed by atoms with E-state index in [9.17, 15) is 14.4 Å². The molecule has 0 fully saturated rings. The largest absolute Gasteiger partial charge is 0.481 e. The Morgan fingerprint density at radius 3 is 1.88 bits per heavy atom. The first kappa shape index (κ1) is 15.2. The third kappa shape index (κ3) is 5.74. The van der Waals surface area contributed by atoms with E-state index in [1.165, 1.54) is 0 Å². The Labute approximate surface area is 98.8 Å². The van der Waals surface area contributed by atoms with Gasteiger partial charge in [0.05, 0.1) is 6.42 Å². The van der Waals surface area contributed by atoms with E-state index in [1.807, 2.05) is 5.32 Å². The monoisotopic (exact) mass is 247 g/mol. The average molecular weight is 247 g/mol. The predicted octanol–water partition coefficient (Wildman–Crippen LogP) is 0.829. The lowest BCUT2D eigenvalue weighted by Gasteiger charge is -2.27. The number of ether oxygens (including phenoxy) is 1. The molecule has 7 heteroatoms. The molecule has 1 amide bonds. The van der Waals surface area contributed by atoms with E-state index in [0.29, 0.717) is 0 Å². The molecule has 0 rings (SSSR count). The smallest absolute Gasteiger partial charge is 0.408 e. The number of amides is 1. The van der Waals surface area contributed by atoms with Gasteiger partial charge in [-0.05, 0) is 27.7 Å². The lowest BCUT2D eigenvalue weighted by atomic mass is 9.98. The van der Waals surface area contributed by atoms with Crippen LogP contribution in [0.25, 0.3) is 0 Å². The van der Waals surface area contributed by atoms with Crippen LogP contribution in [0.15, 0.2) is 0 Å². The van der Waals surface area contributed by atoms with Crippen LogP contribution in [0.2, 0.25) is 0 Å². The van der Waals surface area contributed by atoms with Gasteiger partial charge in [-0.25, -0.2) is 9.59 Å². The van der Waals surface area contributed by atoms with Gasteiger partial charge in [-0.3, -0.25) is 4.79 Å². The minimum atomic E-state index is -1.89. The summed E-state index contributed by atoms with van der Waals surface area (Å²) >= 11 is 0. The van der Waals surface area contributed by atoms with Crippen molar-refractivity contribution in [3.8, 4) is 0 Å². The summed E-state index contributed by atoms with van der Waals surface area (Å²) in [5, 5.41) is 19.5. The first-order chi connectivity index (χ1) is 7.46. The Morgan fingerprint density at radius 2 is 1.59 bits per heavy atom. The van der Waals surface area contributed by atoms with Gasteiger partial charge in [0.1, 0.15) is 11.1 Å². The zero-order chi connectivity index (χ0) is 13.9. The number of hydrogen-bond acceptors (Lipinski definition) is 4. The van der Waals surface area contributed by atoms with Gasteiger partial charge in [-0.15, -0.1) is 0 Å². The van der Waals surface area contributed by atoms with Crippen molar-refractivity contribution in [1.82, 2.24) is 5.32 Å². The standard InChI is InChI=1S/C10H17NO6/c1-9(2,3)17-8(16)11-10(4,7(14)15)5-6(12)13/h5H2,1-4H3,(H,11,16)(H,12,13)(H,14,15)/t10-/m0/s1. The number of carbonyl (C=O) groups is 3. The number of carboxylic acids is 2. The van der Waals surface area contributed by atoms with Crippen molar-refractivity contribution in [2.24, 2.45) is 0 Å². The highest BCUT2D eigenvalue weighted by molar-refractivity contribution is 5.88. The number of alkyl carbamates (subject to hydrolysis) is 1. The van der Waals surface area contributed by atoms with Gasteiger partial charge >= 0.3 is 18.0 Å². The van der Waals surface area contributed by atoms with Gasteiger partial charge in [0.2, 0.25) is 0 Å². The van der Waals surface area contributed by atoms with Crippen LogP contribution in [0, 0.1) is 0 Å². The number of carbonyl (C=O) groups excluding carboxylic acids is 1. The maximum atomic E-state index is 11.4. The molecule has 3 N–H and O–H groups in total. The third-order valence-corrected chi connectivity index (χ3v) is 1.75. The van der Waals surface area contributed by atoms with Crippen LogP contribution in [0.5, 0.6) is 0 Å². The molecule has 0 saturated carbocycles. The molecule has 0 bridgehead atoms. The van der Waals surface area contributed by atoms with E-state index in [2.05, 4.69) is 0 Å². The minimum absolute atomic E-state index is 0.735. The highest BCUT2D eigenvalue weighted by atomic mass is 16.6. The molecule has 0 heterocycles. The fraction of sp³-hybridized carbons (Fsp3) is 0.700. The molecule has 0 aromatic carbocycles. The molecule has 0 aliphatic rings. The van der Waals surface area contributed by atoms with E-state index in [4.69, 9.17) is 14.9 Å². The summed E-state index contributed by atoms with van der Waals surface area (Å²) in [4.78, 5) is 32.8. The van der Waals surface area contributed by atoms with E-state index in [-0.39, 0.29) is 0 Å². The van der Waals surface area contributed by atoms with E-state index in [1.54, 1.807) is 20.8 Å². The first-order valence-electron chi connectivity index (χ1n) is 4.92. The van der Waals surface area contributed by atoms with Crippen LogP contribution < -0.4 is 5.32 Å². The Morgan fingerprint density at radius 1 is 1.12 bits per heavy atom. The molecule has 0 radical (unpaired) electrons. The van der Waals surface area contributed by atoms with Crippen molar-refractivity contribution in [3.63, 3.8) is 0 Å². The fourth-order valence-electron chi connectivity index (χ4n) is 1.00. The summed E-state index contributed by atoms with van der Waals surface area (Å²) in [6.45, 7) is 5.94. The van der Waals surface area contributed by atoms with Crippen LogP contribution in [0.1, 0.15) is 34.1 Å². The second-order valence-electron chi connectivity index (χ2n) is 4.83. The molecule has 0 aromatic heterocycles. The molecule has 0 unspecified atom stereocenters. The summed E-state index contributed by atoms with van der Waals surface area (Å²) in [5.41, 5.74) is -2.68. The van der Waals surface area contributed by atoms with Gasteiger partial charge in [0.25, 0.3) is 0 Å². The first-order valence-corrected chi connectivity index (χ1v) is 4.92. The number of hydrogen-bond donors (Lipinski definition) is 3. The molecule has 17 heavy (non-hydrogen) atoms. The van der Waals surface area contributed by atoms with Crippen LogP contribution in [-0.4, -0.2) is 39.4 Å². The maximum Gasteiger partial charge on any atom is 0.408 e. The molecule has 0 spiro atoms. The second-order valence-corrected chi connectivity index (χ2v) is 4.83. The van der Waals surface area contributed by atoms with Gasteiger partial charge in [0.15, 0.2) is 0 Å². The third-order valence-electron chi connectivity index (χ3n) is 1.75. The fourth-order valence-corrected chi connectivity index (χ4v) is 1.00. The average Bonchev–Trinajstić information content (AvgIpc) is 1.96. The maximum absolute atomic E-state index is 11.4. The Hall–Kier alpha value is -1.79. The van der Waals surface area contributed by atoms with Gasteiger partial charge in [0, 0.05) is 0 Å². The van der Waals surface area contributed by atoms with Crippen molar-refractivity contribution in [3.05, 3.63) is 0 Å². The summed E-state index contributed by atoms with van der Waals surface area (Å²) in [6, 6.07) is 0. The highest BCUT2D eigenvalue weighted by Crippen LogP contribution is 2.13. The zero-order valence-electron chi connectivity index (χ0n) is 10.2. The van der Waals surface area contributed by atoms with Crippen molar-refractivity contribution >= 4 is 18.0 Å². The van der Waals surface area contributed by atoms with Crippen LogP contribution in [0.4, 0.5) is 4.79 Å². The molecule has 98 valence electrons. The molecular formula is C10H17NO6. The molecular weight excluding hydrogens is 230 g/mol. The molecule has 0 saturated heterocycles. The Balaban J connectivity index is 4.72. The molecule has 0 aliphatic carbocycles. The summed E-state index contributed by atoms with van der Waals surface area (Å²) in [5.74, 6) is -2.77. The summed E-state index contributed by atoms with van der Waals surface area (Å²) < 4.78 is 4.86. The second kappa shape index (κ2) is 5.03. The van der Waals surface area contributed by atoms with Crippen molar-refractivity contribution in [2.75, 3.05) is 0 Å². The van der Waals surface area contributed by atoms with Crippen molar-refractivity contribution in [1.29, 1.82) is 0 Å². The van der Waals surface area contributed by atoms with Crippen LogP contribution in [0.3, 0.4) is 0 Å². The summed E-state index contributed by atoms with van der Waals surface area (Å²) in [6.07, 6.45) is -1.70. The molecule has 1 atom stereocenters. The normalized spacial score (nSPS) is 14.6. The van der Waals surface area contributed by atoms with E-state index in [0.717, 1.165) is 6.92 Å². The topological polar surface area (TPSA) is 113 Å². The molecule has 0 aliphatic heterocycles. The van der Waals surface area contributed by atoms with Gasteiger partial charge in [-0.2, -0.15) is 0 Å². The SMILES string of the molecule is CC(C)(C)OC(=O)N[C@@](C)(CC(=O)O)C(=O)O. The number of nitrogens with one attached hydrogen (secondary N) is 1. The number of carboxylic acid groups (broad SMARTS) is 2. The molecule has 0 aromatic rings. The van der Waals surface area contributed by atoms with Gasteiger partial charge < -0.3 is 20.3 Å². The molecule has 7 nitrogen and oxygen atoms in total. The lowest BCUT2D eigenvalue weighted by Crippen LogP contribution is -2.54. The van der Waals surface area contributed by atoms with Crippen molar-refractivity contribution in [2.45, 2.75) is 45.3 Å². The van der Waals surface area contributed by atoms with Crippen LogP contribution in [-0.2, 0) is 14.3 Å². The van der Waals surface area contributed by atoms with E-state index >= 15 is 0 Å². The van der Waals surface area contributed by atoms with E-state index < -0.39 is 35.6 Å². The lowest BCUT2D eigenvalue weighted by molar-refractivity contribution is -0.150. The van der Waals surface area contributed by atoms with Crippen LogP contribution >= 0.6 is 0 Å². The van der Waals surface area contributed by atoms with Crippen molar-refractivity contribution < 1.29 is 29.3 Å². The highest BCUT2D eigenvalue weighted by Gasteiger charge is 2.38. The predicted molar refractivity (Wildman–Crippen MR) is 57.7 cm³/mol. The van der Waals surface area contributed by atoms with Gasteiger partial charge in [-0.1, -0.05) is 0 Å². The quantitative estimate of drug-likeness (QED) is 0.678. The minimum Gasteiger partial charge on any atom is -0.481 e.